The van der Waals surface area contributed by atoms with Gasteiger partial charge in [0.15, 0.2) is 5.82 Å². The van der Waals surface area contributed by atoms with E-state index in [2.05, 4.69) is 15.0 Å². The van der Waals surface area contributed by atoms with Crippen LogP contribution >= 0.6 is 0 Å². The van der Waals surface area contributed by atoms with Gasteiger partial charge < -0.3 is 15.3 Å². The van der Waals surface area contributed by atoms with Crippen molar-refractivity contribution in [3.8, 4) is 11.5 Å². The monoisotopic (exact) mass is 177 g/mol. The molecular formula is C8H11N5. The molecule has 5 heteroatoms. The topological polar surface area (TPSA) is 72.5 Å². The quantitative estimate of drug-likeness (QED) is 0.691. The van der Waals surface area contributed by atoms with Crippen molar-refractivity contribution in [2.75, 3.05) is 0 Å². The summed E-state index contributed by atoms with van der Waals surface area (Å²) >= 11 is 0. The van der Waals surface area contributed by atoms with E-state index in [1.54, 1.807) is 18.7 Å². The second kappa shape index (κ2) is 3.02. The van der Waals surface area contributed by atoms with E-state index >= 15 is 0 Å². The molecule has 0 amide bonds. The fourth-order valence-corrected chi connectivity index (χ4v) is 1.26. The van der Waals surface area contributed by atoms with Gasteiger partial charge >= 0.3 is 0 Å². The number of hydrogen-bond donors (Lipinski definition) is 2. The first-order chi connectivity index (χ1) is 6.33. The highest BCUT2D eigenvalue weighted by atomic mass is 15.1. The van der Waals surface area contributed by atoms with E-state index in [-0.39, 0.29) is 0 Å². The third kappa shape index (κ3) is 1.23. The molecule has 0 aliphatic carbocycles. The van der Waals surface area contributed by atoms with Gasteiger partial charge in [0.1, 0.15) is 5.69 Å². The Kier molecular flexibility index (Phi) is 1.86. The van der Waals surface area contributed by atoms with Gasteiger partial charge in [-0.15, -0.1) is 0 Å². The Bertz CT molecular complexity index is 387. The molecule has 0 bridgehead atoms. The number of nitrogens with two attached hydrogens (primary N) is 1. The van der Waals surface area contributed by atoms with Crippen LogP contribution in [-0.2, 0) is 13.6 Å². The van der Waals surface area contributed by atoms with E-state index in [4.69, 9.17) is 5.73 Å². The number of aromatic amines is 1. The number of imidazole rings is 2. The van der Waals surface area contributed by atoms with Crippen LogP contribution in [0.2, 0.25) is 0 Å². The molecular weight excluding hydrogens is 166 g/mol. The third-order valence-corrected chi connectivity index (χ3v) is 2.03. The minimum absolute atomic E-state index is 0.498. The van der Waals surface area contributed by atoms with Crippen molar-refractivity contribution in [2.45, 2.75) is 6.54 Å². The number of nitrogens with one attached hydrogen (secondary N) is 1. The molecule has 0 radical (unpaired) electrons. The largest absolute Gasteiger partial charge is 0.342 e. The third-order valence-electron chi connectivity index (χ3n) is 2.03. The number of H-pyrrole nitrogens is 1. The molecule has 2 heterocycles. The van der Waals surface area contributed by atoms with Crippen molar-refractivity contribution in [3.05, 3.63) is 24.4 Å². The normalized spacial score (nSPS) is 10.6. The van der Waals surface area contributed by atoms with Crippen LogP contribution in [0.25, 0.3) is 11.5 Å². The lowest BCUT2D eigenvalue weighted by Crippen LogP contribution is -2.04. The fraction of sp³-hybridized carbons (Fsp3) is 0.250. The summed E-state index contributed by atoms with van der Waals surface area (Å²) in [5.74, 6) is 0.859. The number of aromatic nitrogens is 4. The van der Waals surface area contributed by atoms with Gasteiger partial charge in [0.25, 0.3) is 0 Å². The summed E-state index contributed by atoms with van der Waals surface area (Å²) in [5.41, 5.74) is 7.44. The van der Waals surface area contributed by atoms with Crippen molar-refractivity contribution in [2.24, 2.45) is 12.8 Å². The van der Waals surface area contributed by atoms with Crippen LogP contribution in [0.15, 0.2) is 18.7 Å². The molecule has 0 aromatic carbocycles. The molecule has 0 fully saturated rings. The highest BCUT2D eigenvalue weighted by Crippen LogP contribution is 2.14. The fourth-order valence-electron chi connectivity index (χ4n) is 1.26. The van der Waals surface area contributed by atoms with Gasteiger partial charge in [0, 0.05) is 13.6 Å². The molecule has 0 spiro atoms. The van der Waals surface area contributed by atoms with E-state index in [1.807, 2.05) is 11.6 Å². The van der Waals surface area contributed by atoms with Crippen LogP contribution in [0.1, 0.15) is 5.69 Å². The van der Waals surface area contributed by atoms with Crippen molar-refractivity contribution in [1.29, 1.82) is 0 Å². The number of nitrogens with zero attached hydrogens (tertiary/aromatic N) is 3. The minimum atomic E-state index is 0.498. The summed E-state index contributed by atoms with van der Waals surface area (Å²) in [7, 11) is 1.94. The van der Waals surface area contributed by atoms with E-state index in [9.17, 15) is 0 Å². The van der Waals surface area contributed by atoms with Gasteiger partial charge in [-0.1, -0.05) is 0 Å². The van der Waals surface area contributed by atoms with E-state index in [1.165, 1.54) is 0 Å². The lowest BCUT2D eigenvalue weighted by Gasteiger charge is -2.01. The summed E-state index contributed by atoms with van der Waals surface area (Å²) in [6.45, 7) is 0.498. The molecule has 0 aliphatic heterocycles. The van der Waals surface area contributed by atoms with Gasteiger partial charge in [0.05, 0.1) is 24.4 Å². The predicted octanol–water partition coefficient (Wildman–Crippen LogP) is 0.269. The van der Waals surface area contributed by atoms with Crippen LogP contribution in [0, 0.1) is 0 Å². The standard InChI is InChI=1S/C8H11N5/c1-13-6(2-9)3-11-8(13)7-4-10-5-12-7/h3-5H,2,9H2,1H3,(H,10,12). The van der Waals surface area contributed by atoms with Crippen molar-refractivity contribution in [3.63, 3.8) is 0 Å². The molecule has 2 rings (SSSR count). The SMILES string of the molecule is Cn1c(CN)cnc1-c1cnc[nH]1. The van der Waals surface area contributed by atoms with Crippen molar-refractivity contribution >= 4 is 0 Å². The molecule has 0 saturated heterocycles. The Morgan fingerprint density at radius 3 is 2.92 bits per heavy atom. The average molecular weight is 177 g/mol. The van der Waals surface area contributed by atoms with Crippen molar-refractivity contribution < 1.29 is 0 Å². The molecule has 0 unspecified atom stereocenters. The Balaban J connectivity index is 2.48. The van der Waals surface area contributed by atoms with Crippen LogP contribution in [0.3, 0.4) is 0 Å². The molecule has 2 aromatic rings. The van der Waals surface area contributed by atoms with Crippen LogP contribution < -0.4 is 5.73 Å². The minimum Gasteiger partial charge on any atom is -0.342 e. The second-order valence-electron chi connectivity index (χ2n) is 2.80. The summed E-state index contributed by atoms with van der Waals surface area (Å²) in [6.07, 6.45) is 5.14. The van der Waals surface area contributed by atoms with Gasteiger partial charge in [-0.05, 0) is 0 Å². The Labute approximate surface area is 75.6 Å². The summed E-state index contributed by atoms with van der Waals surface area (Å²) in [4.78, 5) is 11.2. The molecule has 2 aromatic heterocycles. The Morgan fingerprint density at radius 2 is 2.38 bits per heavy atom. The highest BCUT2D eigenvalue weighted by molar-refractivity contribution is 5.48. The molecule has 0 atom stereocenters. The van der Waals surface area contributed by atoms with Crippen LogP contribution in [-0.4, -0.2) is 19.5 Å². The summed E-state index contributed by atoms with van der Waals surface area (Å²) < 4.78 is 1.95. The zero-order valence-corrected chi connectivity index (χ0v) is 7.36. The van der Waals surface area contributed by atoms with E-state index in [0.717, 1.165) is 17.2 Å². The summed E-state index contributed by atoms with van der Waals surface area (Å²) in [6, 6.07) is 0. The van der Waals surface area contributed by atoms with Crippen LogP contribution in [0.5, 0.6) is 0 Å². The Hall–Kier alpha value is -1.62. The van der Waals surface area contributed by atoms with E-state index < -0.39 is 0 Å². The first kappa shape index (κ1) is 8.00. The maximum absolute atomic E-state index is 5.53. The predicted molar refractivity (Wildman–Crippen MR) is 48.7 cm³/mol. The smallest absolute Gasteiger partial charge is 0.158 e. The second-order valence-corrected chi connectivity index (χ2v) is 2.80. The van der Waals surface area contributed by atoms with E-state index in [0.29, 0.717) is 6.54 Å². The van der Waals surface area contributed by atoms with Gasteiger partial charge in [-0.3, -0.25) is 0 Å². The molecule has 3 N–H and O–H groups in total. The summed E-state index contributed by atoms with van der Waals surface area (Å²) in [5, 5.41) is 0. The lowest BCUT2D eigenvalue weighted by molar-refractivity contribution is 0.826. The maximum Gasteiger partial charge on any atom is 0.158 e. The zero-order chi connectivity index (χ0) is 9.26. The number of hydrogen-bond acceptors (Lipinski definition) is 3. The lowest BCUT2D eigenvalue weighted by atomic mass is 10.4. The first-order valence-corrected chi connectivity index (χ1v) is 4.02. The van der Waals surface area contributed by atoms with Crippen LogP contribution in [0.4, 0.5) is 0 Å². The Morgan fingerprint density at radius 1 is 1.54 bits per heavy atom. The average Bonchev–Trinajstić information content (AvgIpc) is 2.72. The highest BCUT2D eigenvalue weighted by Gasteiger charge is 2.07. The molecule has 0 saturated carbocycles. The van der Waals surface area contributed by atoms with Gasteiger partial charge in [0.2, 0.25) is 0 Å². The molecule has 68 valence electrons. The van der Waals surface area contributed by atoms with Crippen molar-refractivity contribution in [1.82, 2.24) is 19.5 Å². The molecule has 0 aliphatic rings. The first-order valence-electron chi connectivity index (χ1n) is 4.02. The molecule has 5 nitrogen and oxygen atoms in total. The molecule has 13 heavy (non-hydrogen) atoms. The maximum atomic E-state index is 5.53. The zero-order valence-electron chi connectivity index (χ0n) is 7.36. The van der Waals surface area contributed by atoms with Gasteiger partial charge in [-0.2, -0.15) is 0 Å². The van der Waals surface area contributed by atoms with Gasteiger partial charge in [-0.25, -0.2) is 9.97 Å². The number of rotatable bonds is 2.